The van der Waals surface area contributed by atoms with Crippen molar-refractivity contribution in [2.75, 3.05) is 12.0 Å². The second-order valence-electron chi connectivity index (χ2n) is 8.72. The van der Waals surface area contributed by atoms with Crippen LogP contribution in [-0.4, -0.2) is 23.9 Å². The number of hydrogen-bond acceptors (Lipinski definition) is 5. The molecule has 0 saturated carbocycles. The number of nitrogens with zero attached hydrogens (tertiary/aromatic N) is 1. The lowest BCUT2D eigenvalue weighted by Gasteiger charge is -2.28. The van der Waals surface area contributed by atoms with Gasteiger partial charge in [-0.05, 0) is 52.3 Å². The molecular weight excluding hydrogens is 422 g/mol. The van der Waals surface area contributed by atoms with Crippen LogP contribution in [0.25, 0.3) is 0 Å². The standard InChI is InChI=1S/C26H25NO4S/c1-26(2,3)17-9-7-16(8-10-17)22-21(23(28)20-6-5-15-32-20)24(29)25(30)27(22)18-11-13-19(31-4)14-12-18/h5-15,22,29H,1-4H3. The minimum absolute atomic E-state index is 0.0344. The Hall–Kier alpha value is -3.38. The maximum atomic E-state index is 13.3. The highest BCUT2D eigenvalue weighted by atomic mass is 32.1. The Bertz CT molecular complexity index is 1170. The molecule has 0 saturated heterocycles. The van der Waals surface area contributed by atoms with Crippen LogP contribution in [0.15, 0.2) is 77.4 Å². The molecule has 1 aliphatic heterocycles. The molecule has 1 unspecified atom stereocenters. The van der Waals surface area contributed by atoms with Crippen molar-refractivity contribution < 1.29 is 19.4 Å². The molecule has 2 heterocycles. The monoisotopic (exact) mass is 447 g/mol. The van der Waals surface area contributed by atoms with Gasteiger partial charge in [-0.15, -0.1) is 11.3 Å². The van der Waals surface area contributed by atoms with Crippen molar-refractivity contribution >= 4 is 28.7 Å². The Morgan fingerprint density at radius 2 is 1.69 bits per heavy atom. The summed E-state index contributed by atoms with van der Waals surface area (Å²) in [5, 5.41) is 12.6. The van der Waals surface area contributed by atoms with Crippen LogP contribution < -0.4 is 9.64 Å². The molecule has 1 atom stereocenters. The Morgan fingerprint density at radius 3 is 2.22 bits per heavy atom. The average Bonchev–Trinajstić information content (AvgIpc) is 3.41. The third-order valence-electron chi connectivity index (χ3n) is 5.64. The highest BCUT2D eigenvalue weighted by molar-refractivity contribution is 7.12. The predicted molar refractivity (Wildman–Crippen MR) is 127 cm³/mol. The topological polar surface area (TPSA) is 66.8 Å². The van der Waals surface area contributed by atoms with Gasteiger partial charge in [-0.25, -0.2) is 0 Å². The molecule has 0 aliphatic carbocycles. The first-order chi connectivity index (χ1) is 15.2. The third-order valence-corrected chi connectivity index (χ3v) is 6.51. The summed E-state index contributed by atoms with van der Waals surface area (Å²) in [6.07, 6.45) is 0. The van der Waals surface area contributed by atoms with Crippen molar-refractivity contribution in [2.24, 2.45) is 0 Å². The molecule has 164 valence electrons. The zero-order valence-corrected chi connectivity index (χ0v) is 19.3. The van der Waals surface area contributed by atoms with Crippen molar-refractivity contribution in [3.8, 4) is 5.75 Å². The summed E-state index contributed by atoms with van der Waals surface area (Å²) in [6, 6.07) is 17.6. The summed E-state index contributed by atoms with van der Waals surface area (Å²) < 4.78 is 5.23. The van der Waals surface area contributed by atoms with E-state index in [1.165, 1.54) is 16.2 Å². The number of thiophene rings is 1. The molecule has 0 radical (unpaired) electrons. The molecule has 1 N–H and O–H groups in total. The van der Waals surface area contributed by atoms with Gasteiger partial charge in [-0.3, -0.25) is 14.5 Å². The summed E-state index contributed by atoms with van der Waals surface area (Å²) in [5.41, 5.74) is 2.53. The number of ketones is 1. The molecule has 0 bridgehead atoms. The first-order valence-corrected chi connectivity index (χ1v) is 11.2. The van der Waals surface area contributed by atoms with Gasteiger partial charge in [0, 0.05) is 5.69 Å². The maximum absolute atomic E-state index is 13.3. The number of ether oxygens (including phenoxy) is 1. The van der Waals surface area contributed by atoms with Crippen LogP contribution >= 0.6 is 11.3 Å². The van der Waals surface area contributed by atoms with Gasteiger partial charge in [0.15, 0.2) is 5.76 Å². The number of aliphatic hydroxyl groups excluding tert-OH is 1. The lowest BCUT2D eigenvalue weighted by atomic mass is 9.85. The van der Waals surface area contributed by atoms with Gasteiger partial charge in [0.1, 0.15) is 5.75 Å². The summed E-state index contributed by atoms with van der Waals surface area (Å²) in [6.45, 7) is 6.38. The fraction of sp³-hybridized carbons (Fsp3) is 0.231. The van der Waals surface area contributed by atoms with Gasteiger partial charge < -0.3 is 9.84 Å². The number of Topliss-reactive ketones (excluding diaryl/α,β-unsaturated/α-hetero) is 1. The van der Waals surface area contributed by atoms with Gasteiger partial charge in [0.05, 0.1) is 23.6 Å². The van der Waals surface area contributed by atoms with Crippen molar-refractivity contribution in [3.63, 3.8) is 0 Å². The van der Waals surface area contributed by atoms with E-state index in [1.807, 2.05) is 24.3 Å². The average molecular weight is 448 g/mol. The Kier molecular flexibility index (Phi) is 5.65. The number of methoxy groups -OCH3 is 1. The molecule has 1 aromatic heterocycles. The lowest BCUT2D eigenvalue weighted by Crippen LogP contribution is -2.31. The molecule has 1 amide bonds. The highest BCUT2D eigenvalue weighted by Gasteiger charge is 2.44. The van der Waals surface area contributed by atoms with Crippen LogP contribution in [0.5, 0.6) is 5.75 Å². The maximum Gasteiger partial charge on any atom is 0.294 e. The molecule has 32 heavy (non-hydrogen) atoms. The van der Waals surface area contributed by atoms with Gasteiger partial charge in [-0.1, -0.05) is 51.1 Å². The molecular formula is C26H25NO4S. The Labute approximate surface area is 191 Å². The van der Waals surface area contributed by atoms with Gasteiger partial charge in [0.2, 0.25) is 5.78 Å². The van der Waals surface area contributed by atoms with E-state index in [0.717, 1.165) is 11.1 Å². The second kappa shape index (κ2) is 8.28. The minimum Gasteiger partial charge on any atom is -0.503 e. The van der Waals surface area contributed by atoms with E-state index < -0.39 is 17.7 Å². The molecule has 1 aliphatic rings. The van der Waals surface area contributed by atoms with E-state index in [-0.39, 0.29) is 16.8 Å². The zero-order valence-electron chi connectivity index (χ0n) is 18.5. The molecule has 3 aromatic rings. The summed E-state index contributed by atoms with van der Waals surface area (Å²) in [5.74, 6) is -0.797. The largest absolute Gasteiger partial charge is 0.503 e. The predicted octanol–water partition coefficient (Wildman–Crippen LogP) is 5.84. The SMILES string of the molecule is COc1ccc(N2C(=O)C(O)=C(C(=O)c3cccs3)C2c2ccc(C(C)(C)C)cc2)cc1. The van der Waals surface area contributed by atoms with Crippen LogP contribution in [-0.2, 0) is 10.2 Å². The summed E-state index contributed by atoms with van der Waals surface area (Å²) >= 11 is 1.28. The fourth-order valence-electron chi connectivity index (χ4n) is 3.87. The van der Waals surface area contributed by atoms with Crippen LogP contribution in [0.1, 0.15) is 47.6 Å². The molecule has 0 fully saturated rings. The molecule has 6 heteroatoms. The summed E-state index contributed by atoms with van der Waals surface area (Å²) in [7, 11) is 1.57. The molecule has 4 rings (SSSR count). The summed E-state index contributed by atoms with van der Waals surface area (Å²) in [4.78, 5) is 28.5. The minimum atomic E-state index is -0.737. The number of carbonyl (C=O) groups excluding carboxylic acids is 2. The first-order valence-electron chi connectivity index (χ1n) is 10.3. The van der Waals surface area contributed by atoms with Crippen LogP contribution in [0.4, 0.5) is 5.69 Å². The quantitative estimate of drug-likeness (QED) is 0.499. The van der Waals surface area contributed by atoms with Crippen LogP contribution in [0, 0.1) is 0 Å². The number of rotatable bonds is 5. The number of anilines is 1. The van der Waals surface area contributed by atoms with Crippen molar-refractivity contribution in [1.82, 2.24) is 0 Å². The van der Waals surface area contributed by atoms with Crippen molar-refractivity contribution in [1.29, 1.82) is 0 Å². The van der Waals surface area contributed by atoms with Gasteiger partial charge in [0.25, 0.3) is 5.91 Å². The van der Waals surface area contributed by atoms with E-state index >= 15 is 0 Å². The normalized spacial score (nSPS) is 16.6. The zero-order chi connectivity index (χ0) is 23.0. The highest BCUT2D eigenvalue weighted by Crippen LogP contribution is 2.43. The van der Waals surface area contributed by atoms with E-state index in [4.69, 9.17) is 4.74 Å². The third kappa shape index (κ3) is 3.82. The van der Waals surface area contributed by atoms with E-state index in [0.29, 0.717) is 16.3 Å². The van der Waals surface area contributed by atoms with Crippen LogP contribution in [0.2, 0.25) is 0 Å². The number of amides is 1. The number of benzene rings is 2. The number of hydrogen-bond donors (Lipinski definition) is 1. The molecule has 2 aromatic carbocycles. The first kappa shape index (κ1) is 21.8. The van der Waals surface area contributed by atoms with E-state index in [1.54, 1.807) is 48.9 Å². The van der Waals surface area contributed by atoms with E-state index in [9.17, 15) is 14.7 Å². The smallest absolute Gasteiger partial charge is 0.294 e. The Balaban J connectivity index is 1.84. The second-order valence-corrected chi connectivity index (χ2v) is 9.66. The van der Waals surface area contributed by atoms with Crippen molar-refractivity contribution in [3.05, 3.63) is 93.4 Å². The number of carbonyl (C=O) groups is 2. The Morgan fingerprint density at radius 1 is 1.03 bits per heavy atom. The molecule has 0 spiro atoms. The van der Waals surface area contributed by atoms with Crippen molar-refractivity contribution in [2.45, 2.75) is 32.2 Å². The van der Waals surface area contributed by atoms with Crippen LogP contribution in [0.3, 0.4) is 0 Å². The fourth-order valence-corrected chi connectivity index (χ4v) is 4.55. The van der Waals surface area contributed by atoms with Gasteiger partial charge in [-0.2, -0.15) is 0 Å². The molecule has 5 nitrogen and oxygen atoms in total. The van der Waals surface area contributed by atoms with Gasteiger partial charge >= 0.3 is 0 Å². The van der Waals surface area contributed by atoms with E-state index in [2.05, 4.69) is 20.8 Å². The number of aliphatic hydroxyl groups is 1. The lowest BCUT2D eigenvalue weighted by molar-refractivity contribution is -0.117.